The molecule has 2 unspecified atom stereocenters. The van der Waals surface area contributed by atoms with Gasteiger partial charge in [-0.3, -0.25) is 4.79 Å². The molecule has 0 spiro atoms. The molecule has 17 heavy (non-hydrogen) atoms. The van der Waals surface area contributed by atoms with Gasteiger partial charge < -0.3 is 15.1 Å². The zero-order valence-corrected chi connectivity index (χ0v) is 9.36. The second-order valence-electron chi connectivity index (χ2n) is 4.12. The van der Waals surface area contributed by atoms with Crippen molar-refractivity contribution >= 4 is 12.0 Å². The normalized spacial score (nSPS) is 24.5. The summed E-state index contributed by atoms with van der Waals surface area (Å²) in [6.07, 6.45) is 1.52. The maximum atomic E-state index is 11.7. The van der Waals surface area contributed by atoms with Crippen molar-refractivity contribution in [2.24, 2.45) is 0 Å². The van der Waals surface area contributed by atoms with Crippen molar-refractivity contribution in [2.75, 3.05) is 13.1 Å². The molecular formula is C13H15NO3. The molecule has 1 fully saturated rings. The van der Waals surface area contributed by atoms with E-state index in [0.717, 1.165) is 5.56 Å². The Kier molecular flexibility index (Phi) is 3.56. The summed E-state index contributed by atoms with van der Waals surface area (Å²) in [5.41, 5.74) is 0.946. The van der Waals surface area contributed by atoms with Crippen LogP contribution >= 0.6 is 0 Å². The average Bonchev–Trinajstić information content (AvgIpc) is 2.68. The number of likely N-dealkylation sites (tertiary alicyclic amines) is 1. The molecule has 1 aromatic rings. The van der Waals surface area contributed by atoms with Crippen LogP contribution in [-0.4, -0.2) is 46.3 Å². The van der Waals surface area contributed by atoms with Crippen LogP contribution in [0.15, 0.2) is 36.4 Å². The van der Waals surface area contributed by atoms with Crippen LogP contribution in [0.2, 0.25) is 0 Å². The van der Waals surface area contributed by atoms with Crippen molar-refractivity contribution in [2.45, 2.75) is 12.2 Å². The molecule has 4 nitrogen and oxygen atoms in total. The van der Waals surface area contributed by atoms with Crippen molar-refractivity contribution in [3.8, 4) is 0 Å². The average molecular weight is 233 g/mol. The topological polar surface area (TPSA) is 60.8 Å². The van der Waals surface area contributed by atoms with Gasteiger partial charge in [-0.05, 0) is 11.6 Å². The highest BCUT2D eigenvalue weighted by Crippen LogP contribution is 2.11. The molecule has 1 amide bonds. The maximum Gasteiger partial charge on any atom is 0.246 e. The predicted molar refractivity (Wildman–Crippen MR) is 64.1 cm³/mol. The third-order valence-electron chi connectivity index (χ3n) is 2.79. The molecule has 1 aromatic carbocycles. The summed E-state index contributed by atoms with van der Waals surface area (Å²) >= 11 is 0. The van der Waals surface area contributed by atoms with Crippen LogP contribution in [-0.2, 0) is 4.79 Å². The molecule has 0 saturated carbocycles. The van der Waals surface area contributed by atoms with E-state index in [9.17, 15) is 15.0 Å². The monoisotopic (exact) mass is 233 g/mol. The molecule has 1 aliphatic heterocycles. The molecule has 1 heterocycles. The van der Waals surface area contributed by atoms with E-state index in [2.05, 4.69) is 0 Å². The van der Waals surface area contributed by atoms with E-state index in [1.807, 2.05) is 30.3 Å². The van der Waals surface area contributed by atoms with Gasteiger partial charge in [0.25, 0.3) is 0 Å². The lowest BCUT2D eigenvalue weighted by Gasteiger charge is -2.11. The van der Waals surface area contributed by atoms with Crippen LogP contribution in [0.4, 0.5) is 0 Å². The standard InChI is InChI=1S/C13H15NO3/c15-11-8-14(9-12(11)16)13(17)7-6-10-4-2-1-3-5-10/h1-7,11-12,15-16H,8-9H2/b7-6+. The summed E-state index contributed by atoms with van der Waals surface area (Å²) in [5, 5.41) is 18.7. The van der Waals surface area contributed by atoms with Crippen molar-refractivity contribution in [3.05, 3.63) is 42.0 Å². The SMILES string of the molecule is O=C(/C=C/c1ccccc1)N1CC(O)C(O)C1. The smallest absolute Gasteiger partial charge is 0.246 e. The molecule has 2 rings (SSSR count). The molecule has 90 valence electrons. The number of benzene rings is 1. The first-order valence-corrected chi connectivity index (χ1v) is 5.55. The van der Waals surface area contributed by atoms with Crippen LogP contribution in [0.1, 0.15) is 5.56 Å². The van der Waals surface area contributed by atoms with Gasteiger partial charge in [-0.15, -0.1) is 0 Å². The van der Waals surface area contributed by atoms with Crippen molar-refractivity contribution < 1.29 is 15.0 Å². The lowest BCUT2D eigenvalue weighted by atomic mass is 10.2. The van der Waals surface area contributed by atoms with Crippen molar-refractivity contribution in [1.29, 1.82) is 0 Å². The maximum absolute atomic E-state index is 11.7. The molecule has 1 saturated heterocycles. The van der Waals surface area contributed by atoms with Crippen molar-refractivity contribution in [3.63, 3.8) is 0 Å². The fourth-order valence-electron chi connectivity index (χ4n) is 1.79. The van der Waals surface area contributed by atoms with Gasteiger partial charge >= 0.3 is 0 Å². The van der Waals surface area contributed by atoms with E-state index < -0.39 is 12.2 Å². The zero-order chi connectivity index (χ0) is 12.3. The van der Waals surface area contributed by atoms with E-state index >= 15 is 0 Å². The largest absolute Gasteiger partial charge is 0.388 e. The summed E-state index contributed by atoms with van der Waals surface area (Å²) in [6, 6.07) is 9.50. The summed E-state index contributed by atoms with van der Waals surface area (Å²) in [5.74, 6) is -0.190. The van der Waals surface area contributed by atoms with Crippen LogP contribution in [0.3, 0.4) is 0 Å². The van der Waals surface area contributed by atoms with E-state index in [4.69, 9.17) is 0 Å². The number of aliphatic hydroxyl groups is 2. The van der Waals surface area contributed by atoms with Gasteiger partial charge in [0.15, 0.2) is 0 Å². The highest BCUT2D eigenvalue weighted by atomic mass is 16.3. The number of amides is 1. The van der Waals surface area contributed by atoms with Gasteiger partial charge in [-0.25, -0.2) is 0 Å². The van der Waals surface area contributed by atoms with Gasteiger partial charge in [0, 0.05) is 19.2 Å². The minimum absolute atomic E-state index is 0.190. The molecule has 4 heteroatoms. The third kappa shape index (κ3) is 2.93. The number of hydrogen-bond donors (Lipinski definition) is 2. The van der Waals surface area contributed by atoms with Crippen LogP contribution in [0, 0.1) is 0 Å². The number of β-amino-alcohol motifs (C(OH)–C–C–N with tert-alkyl or cyclic N) is 2. The first-order chi connectivity index (χ1) is 8.16. The van der Waals surface area contributed by atoms with Gasteiger partial charge in [0.2, 0.25) is 5.91 Å². The van der Waals surface area contributed by atoms with E-state index in [-0.39, 0.29) is 19.0 Å². The molecule has 0 aliphatic carbocycles. The number of aliphatic hydroxyl groups excluding tert-OH is 2. The highest BCUT2D eigenvalue weighted by molar-refractivity contribution is 5.92. The molecule has 0 bridgehead atoms. The zero-order valence-electron chi connectivity index (χ0n) is 9.36. The number of carbonyl (C=O) groups is 1. The molecular weight excluding hydrogens is 218 g/mol. The fourth-order valence-corrected chi connectivity index (χ4v) is 1.79. The van der Waals surface area contributed by atoms with Gasteiger partial charge in [-0.1, -0.05) is 30.3 Å². The Morgan fingerprint density at radius 2 is 1.76 bits per heavy atom. The quantitative estimate of drug-likeness (QED) is 0.720. The summed E-state index contributed by atoms with van der Waals surface area (Å²) < 4.78 is 0. The molecule has 0 aromatic heterocycles. The van der Waals surface area contributed by atoms with Gasteiger partial charge in [-0.2, -0.15) is 0 Å². The minimum atomic E-state index is -0.830. The summed E-state index contributed by atoms with van der Waals surface area (Å²) in [4.78, 5) is 13.2. The summed E-state index contributed by atoms with van der Waals surface area (Å²) in [6.45, 7) is 0.387. The third-order valence-corrected chi connectivity index (χ3v) is 2.79. The second kappa shape index (κ2) is 5.12. The predicted octanol–water partition coefficient (Wildman–Crippen LogP) is 0.264. The highest BCUT2D eigenvalue weighted by Gasteiger charge is 2.31. The Labute approximate surface area is 99.8 Å². The lowest BCUT2D eigenvalue weighted by Crippen LogP contribution is -2.27. The first-order valence-electron chi connectivity index (χ1n) is 5.55. The number of hydrogen-bond acceptors (Lipinski definition) is 3. The summed E-state index contributed by atoms with van der Waals surface area (Å²) in [7, 11) is 0. The van der Waals surface area contributed by atoms with Crippen LogP contribution in [0.5, 0.6) is 0 Å². The van der Waals surface area contributed by atoms with Gasteiger partial charge in [0.05, 0.1) is 12.2 Å². The molecule has 2 N–H and O–H groups in total. The van der Waals surface area contributed by atoms with E-state index in [1.54, 1.807) is 6.08 Å². The Balaban J connectivity index is 1.96. The van der Waals surface area contributed by atoms with E-state index in [1.165, 1.54) is 11.0 Å². The van der Waals surface area contributed by atoms with Gasteiger partial charge in [0.1, 0.15) is 0 Å². The Morgan fingerprint density at radius 3 is 2.35 bits per heavy atom. The van der Waals surface area contributed by atoms with Crippen LogP contribution in [0.25, 0.3) is 6.08 Å². The Morgan fingerprint density at radius 1 is 1.18 bits per heavy atom. The lowest BCUT2D eigenvalue weighted by molar-refractivity contribution is -0.125. The van der Waals surface area contributed by atoms with E-state index in [0.29, 0.717) is 0 Å². The Hall–Kier alpha value is -1.65. The number of nitrogens with zero attached hydrogens (tertiary/aromatic N) is 1. The molecule has 2 atom stereocenters. The Bertz CT molecular complexity index is 406. The minimum Gasteiger partial charge on any atom is -0.388 e. The number of rotatable bonds is 2. The molecule has 0 radical (unpaired) electrons. The van der Waals surface area contributed by atoms with Crippen LogP contribution < -0.4 is 0 Å². The second-order valence-corrected chi connectivity index (χ2v) is 4.12. The molecule has 1 aliphatic rings. The number of carbonyl (C=O) groups excluding carboxylic acids is 1. The van der Waals surface area contributed by atoms with Crippen molar-refractivity contribution in [1.82, 2.24) is 4.90 Å². The fraction of sp³-hybridized carbons (Fsp3) is 0.308. The first kappa shape index (κ1) is 11.8.